The van der Waals surface area contributed by atoms with Gasteiger partial charge < -0.3 is 0 Å². The van der Waals surface area contributed by atoms with E-state index < -0.39 is 11.6 Å². The van der Waals surface area contributed by atoms with Crippen LogP contribution in [0.1, 0.15) is 80.0 Å². The molecule has 0 N–H and O–H groups in total. The summed E-state index contributed by atoms with van der Waals surface area (Å²) in [6, 6.07) is 16.7. The van der Waals surface area contributed by atoms with Gasteiger partial charge in [0.25, 0.3) is 0 Å². The van der Waals surface area contributed by atoms with Crippen LogP contribution in [-0.4, -0.2) is 0 Å². The van der Waals surface area contributed by atoms with Crippen molar-refractivity contribution in [1.29, 1.82) is 0 Å². The van der Waals surface area contributed by atoms with E-state index in [4.69, 9.17) is 0 Å². The Bertz CT molecular complexity index is 1070. The summed E-state index contributed by atoms with van der Waals surface area (Å²) in [5.41, 5.74) is 4.28. The van der Waals surface area contributed by atoms with E-state index in [1.807, 2.05) is 25.1 Å². The van der Waals surface area contributed by atoms with Gasteiger partial charge in [0.1, 0.15) is 0 Å². The predicted molar refractivity (Wildman–Crippen MR) is 136 cm³/mol. The molecule has 0 saturated heterocycles. The number of hydrogen-bond donors (Lipinski definition) is 0. The van der Waals surface area contributed by atoms with Crippen molar-refractivity contribution >= 4 is 10.8 Å². The van der Waals surface area contributed by atoms with Gasteiger partial charge in [-0.25, -0.2) is 8.78 Å². The van der Waals surface area contributed by atoms with E-state index >= 15 is 0 Å². The van der Waals surface area contributed by atoms with Crippen molar-refractivity contribution in [2.45, 2.75) is 77.0 Å². The maximum absolute atomic E-state index is 14.7. The normalized spacial score (nSPS) is 18.5. The molecule has 3 aromatic carbocycles. The molecule has 0 radical (unpaired) electrons. The van der Waals surface area contributed by atoms with Crippen molar-refractivity contribution in [2.75, 3.05) is 0 Å². The van der Waals surface area contributed by atoms with Gasteiger partial charge in [-0.15, -0.1) is 6.58 Å². The van der Waals surface area contributed by atoms with E-state index in [0.717, 1.165) is 42.6 Å². The highest BCUT2D eigenvalue weighted by molar-refractivity contribution is 5.84. The molecule has 0 nitrogen and oxygen atoms in total. The first-order valence-corrected chi connectivity index (χ1v) is 12.7. The molecule has 0 unspecified atom stereocenters. The van der Waals surface area contributed by atoms with Crippen LogP contribution in [0, 0.1) is 17.6 Å². The molecule has 1 saturated carbocycles. The summed E-state index contributed by atoms with van der Waals surface area (Å²) in [6.45, 7) is 5.83. The SMILES string of the molecule is C=CCCC1CCC(c2ccc(CCc3ccc4cc(CCC)c(F)c(F)c4c3)cc2)CC1. The van der Waals surface area contributed by atoms with Crippen molar-refractivity contribution in [2.24, 2.45) is 5.92 Å². The zero-order chi connectivity index (χ0) is 23.2. The van der Waals surface area contributed by atoms with Crippen LogP contribution in [0.3, 0.4) is 0 Å². The van der Waals surface area contributed by atoms with Gasteiger partial charge in [0.05, 0.1) is 0 Å². The van der Waals surface area contributed by atoms with E-state index in [9.17, 15) is 8.78 Å². The smallest absolute Gasteiger partial charge is 0.166 e. The molecule has 0 bridgehead atoms. The number of allylic oxidation sites excluding steroid dienone is 1. The molecule has 1 aliphatic carbocycles. The second-order valence-electron chi connectivity index (χ2n) is 9.79. The van der Waals surface area contributed by atoms with Crippen LogP contribution in [0.5, 0.6) is 0 Å². The quantitative estimate of drug-likeness (QED) is 0.288. The van der Waals surface area contributed by atoms with Crippen LogP contribution >= 0.6 is 0 Å². The van der Waals surface area contributed by atoms with E-state index in [0.29, 0.717) is 23.3 Å². The third-order valence-corrected chi connectivity index (χ3v) is 7.46. The van der Waals surface area contributed by atoms with Crippen LogP contribution in [0.4, 0.5) is 8.78 Å². The van der Waals surface area contributed by atoms with Crippen molar-refractivity contribution in [3.63, 3.8) is 0 Å². The van der Waals surface area contributed by atoms with Gasteiger partial charge in [0, 0.05) is 5.39 Å². The number of hydrogen-bond acceptors (Lipinski definition) is 0. The molecule has 2 heteroatoms. The number of rotatable bonds is 9. The van der Waals surface area contributed by atoms with Crippen molar-refractivity contribution in [3.8, 4) is 0 Å². The minimum atomic E-state index is -0.707. The maximum Gasteiger partial charge on any atom is 0.166 e. The van der Waals surface area contributed by atoms with E-state index in [2.05, 4.69) is 36.9 Å². The molecule has 0 aliphatic heterocycles. The molecule has 0 spiro atoms. The molecule has 4 rings (SSSR count). The molecule has 33 heavy (non-hydrogen) atoms. The highest BCUT2D eigenvalue weighted by Crippen LogP contribution is 2.37. The molecule has 0 heterocycles. The second kappa shape index (κ2) is 11.1. The zero-order valence-electron chi connectivity index (χ0n) is 19.9. The molecular formula is C31H36F2. The Morgan fingerprint density at radius 3 is 2.24 bits per heavy atom. The lowest BCUT2D eigenvalue weighted by atomic mass is 9.77. The molecular weight excluding hydrogens is 410 g/mol. The first kappa shape index (κ1) is 23.7. The van der Waals surface area contributed by atoms with Crippen LogP contribution in [0.2, 0.25) is 0 Å². The predicted octanol–water partition coefficient (Wildman–Crippen LogP) is 9.10. The Morgan fingerprint density at radius 2 is 1.55 bits per heavy atom. The van der Waals surface area contributed by atoms with Crippen molar-refractivity contribution in [3.05, 3.63) is 95.1 Å². The number of benzene rings is 3. The van der Waals surface area contributed by atoms with Gasteiger partial charge in [-0.05, 0) is 109 Å². The molecule has 0 aromatic heterocycles. The van der Waals surface area contributed by atoms with Gasteiger partial charge >= 0.3 is 0 Å². The fraction of sp³-hybridized carbons (Fsp3) is 0.419. The first-order valence-electron chi connectivity index (χ1n) is 12.7. The molecule has 1 fully saturated rings. The van der Waals surface area contributed by atoms with Gasteiger partial charge in [0.2, 0.25) is 0 Å². The third kappa shape index (κ3) is 5.72. The first-order chi connectivity index (χ1) is 16.1. The van der Waals surface area contributed by atoms with E-state index in [-0.39, 0.29) is 0 Å². The summed E-state index contributed by atoms with van der Waals surface area (Å²) < 4.78 is 29.0. The van der Waals surface area contributed by atoms with Crippen LogP contribution in [0.15, 0.2) is 61.2 Å². The Kier molecular flexibility index (Phi) is 7.96. The van der Waals surface area contributed by atoms with Crippen LogP contribution in [0.25, 0.3) is 10.8 Å². The van der Waals surface area contributed by atoms with Gasteiger partial charge in [0.15, 0.2) is 11.6 Å². The lowest BCUT2D eigenvalue weighted by Crippen LogP contribution is -2.13. The Morgan fingerprint density at radius 1 is 0.848 bits per heavy atom. The average Bonchev–Trinajstić information content (AvgIpc) is 2.85. The van der Waals surface area contributed by atoms with Crippen LogP contribution in [-0.2, 0) is 19.3 Å². The Hall–Kier alpha value is -2.48. The second-order valence-corrected chi connectivity index (χ2v) is 9.79. The van der Waals surface area contributed by atoms with E-state index in [1.165, 1.54) is 43.2 Å². The lowest BCUT2D eigenvalue weighted by Gasteiger charge is -2.28. The third-order valence-electron chi connectivity index (χ3n) is 7.46. The highest BCUT2D eigenvalue weighted by atomic mass is 19.2. The minimum Gasteiger partial charge on any atom is -0.203 e. The fourth-order valence-electron chi connectivity index (χ4n) is 5.42. The van der Waals surface area contributed by atoms with Crippen molar-refractivity contribution in [1.82, 2.24) is 0 Å². The highest BCUT2D eigenvalue weighted by Gasteiger charge is 2.21. The molecule has 1 aliphatic rings. The average molecular weight is 447 g/mol. The van der Waals surface area contributed by atoms with E-state index in [1.54, 1.807) is 6.07 Å². The fourth-order valence-corrected chi connectivity index (χ4v) is 5.42. The molecule has 0 atom stereocenters. The maximum atomic E-state index is 14.7. The zero-order valence-corrected chi connectivity index (χ0v) is 19.9. The Balaban J connectivity index is 1.37. The van der Waals surface area contributed by atoms with Crippen molar-refractivity contribution < 1.29 is 8.78 Å². The molecule has 0 amide bonds. The monoisotopic (exact) mass is 446 g/mol. The summed E-state index contributed by atoms with van der Waals surface area (Å²) in [6.07, 6.45) is 12.8. The molecule has 174 valence electrons. The number of fused-ring (bicyclic) bond motifs is 1. The van der Waals surface area contributed by atoms with Gasteiger partial charge in [-0.2, -0.15) is 0 Å². The summed E-state index contributed by atoms with van der Waals surface area (Å²) in [5, 5.41) is 1.17. The van der Waals surface area contributed by atoms with Gasteiger partial charge in [-0.3, -0.25) is 0 Å². The van der Waals surface area contributed by atoms with Gasteiger partial charge in [-0.1, -0.05) is 55.8 Å². The summed E-state index contributed by atoms with van der Waals surface area (Å²) in [4.78, 5) is 0. The van der Waals surface area contributed by atoms with Crippen LogP contribution < -0.4 is 0 Å². The number of halogens is 2. The minimum absolute atomic E-state index is 0.392. The lowest BCUT2D eigenvalue weighted by molar-refractivity contribution is 0.312. The number of aryl methyl sites for hydroxylation is 3. The Labute approximate surface area is 197 Å². The summed E-state index contributed by atoms with van der Waals surface area (Å²) >= 11 is 0. The molecule has 3 aromatic rings. The standard InChI is InChI=1S/C31H36F2/c1-3-5-7-22-10-15-25(16-11-22)26-17-12-23(13-18-26)8-9-24-14-19-27-21-28(6-4-2)30(32)31(33)29(27)20-24/h3,12-14,17-22,25H,1,4-11,15-16H2,2H3. The summed E-state index contributed by atoms with van der Waals surface area (Å²) in [5.74, 6) is 0.167. The summed E-state index contributed by atoms with van der Waals surface area (Å²) in [7, 11) is 0. The topological polar surface area (TPSA) is 0 Å². The largest absolute Gasteiger partial charge is 0.203 e.